The molecule has 0 spiro atoms. The molecule has 1 aromatic heterocycles. The summed E-state index contributed by atoms with van der Waals surface area (Å²) in [4.78, 5) is 30.7. The fourth-order valence-electron chi connectivity index (χ4n) is 6.70. The van der Waals surface area contributed by atoms with E-state index >= 15 is 0 Å². The Bertz CT molecular complexity index is 1590. The first-order valence-corrected chi connectivity index (χ1v) is 19.1. The number of para-hydroxylation sites is 1. The fourth-order valence-corrected chi connectivity index (χ4v) is 6.88. The first-order chi connectivity index (χ1) is 24.7. The van der Waals surface area contributed by atoms with E-state index in [4.69, 9.17) is 21.4 Å². The molecule has 10 heteroatoms. The smallest absolute Gasteiger partial charge is 0.251 e. The monoisotopic (exact) mass is 718 g/mol. The van der Waals surface area contributed by atoms with E-state index in [-0.39, 0.29) is 29.9 Å². The number of aliphatic hydroxyl groups excluding tert-OH is 2. The van der Waals surface area contributed by atoms with E-state index in [2.05, 4.69) is 58.9 Å². The molecule has 0 aliphatic heterocycles. The van der Waals surface area contributed by atoms with Crippen LogP contribution in [0.4, 0.5) is 0 Å². The Morgan fingerprint density at radius 1 is 1.02 bits per heavy atom. The van der Waals surface area contributed by atoms with Crippen LogP contribution in [-0.4, -0.2) is 70.4 Å². The first kappa shape index (κ1) is 38.7. The summed E-state index contributed by atoms with van der Waals surface area (Å²) in [6.45, 7) is 6.01. The molecule has 2 fully saturated rings. The molecule has 1 heterocycles. The number of carbonyl (C=O) groups excluding carboxylic acids is 2. The zero-order chi connectivity index (χ0) is 36.2. The molecular weight excluding hydrogens is 664 g/mol. The van der Waals surface area contributed by atoms with Gasteiger partial charge in [0.1, 0.15) is 11.9 Å². The van der Waals surface area contributed by atoms with Crippen LogP contribution < -0.4 is 15.4 Å². The van der Waals surface area contributed by atoms with Crippen LogP contribution in [0.25, 0.3) is 11.1 Å². The minimum absolute atomic E-state index is 0.0472. The van der Waals surface area contributed by atoms with Gasteiger partial charge in [0, 0.05) is 68.2 Å². The van der Waals surface area contributed by atoms with Gasteiger partial charge in [0.2, 0.25) is 5.91 Å². The number of halogens is 1. The number of unbranched alkanes of at least 4 members (excludes halogenated alkanes) is 2. The lowest BCUT2D eigenvalue weighted by Crippen LogP contribution is -2.40. The Hall–Kier alpha value is -3.50. The third-order valence-corrected chi connectivity index (χ3v) is 10.5. The molecule has 276 valence electrons. The molecule has 2 aliphatic rings. The Morgan fingerprint density at radius 3 is 2.55 bits per heavy atom. The normalized spacial score (nSPS) is 15.9. The maximum atomic E-state index is 13.2. The second kappa shape index (κ2) is 18.8. The average molecular weight is 719 g/mol. The van der Waals surface area contributed by atoms with Crippen molar-refractivity contribution in [1.29, 1.82) is 0 Å². The third-order valence-electron chi connectivity index (χ3n) is 10.1. The molecule has 3 aromatic rings. The molecule has 4 N–H and O–H groups in total. The van der Waals surface area contributed by atoms with E-state index in [1.54, 1.807) is 4.90 Å². The van der Waals surface area contributed by atoms with Crippen molar-refractivity contribution < 1.29 is 24.5 Å². The van der Waals surface area contributed by atoms with Gasteiger partial charge in [-0.15, -0.1) is 0 Å². The molecule has 2 unspecified atom stereocenters. The van der Waals surface area contributed by atoms with Crippen LogP contribution >= 0.6 is 11.6 Å². The summed E-state index contributed by atoms with van der Waals surface area (Å²) in [5.74, 6) is 0.847. The minimum atomic E-state index is -1.07. The zero-order valence-corrected chi connectivity index (χ0v) is 31.0. The average Bonchev–Trinajstić information content (AvgIpc) is 4.08. The number of nitrogens with zero attached hydrogens (tertiary/aromatic N) is 2. The predicted molar refractivity (Wildman–Crippen MR) is 202 cm³/mol. The van der Waals surface area contributed by atoms with Crippen molar-refractivity contribution >= 4 is 23.4 Å². The van der Waals surface area contributed by atoms with E-state index in [9.17, 15) is 14.7 Å². The number of hydrogen-bond acceptors (Lipinski definition) is 7. The summed E-state index contributed by atoms with van der Waals surface area (Å²) < 4.78 is 6.28. The standard InChI is InChI=1S/C41H55ClN4O5/c1-29(10-9-24-46(23-7-6-21-44-30(2)48)40(50)38(49)12-5-8-25-47)31-14-17-37(42)32(26-31)27-45-41(19-20-41)36-28-43-22-18-34(36)35-11-3-4-13-39(35)51-33-15-16-33/h3-4,11,13-14,17-18,22,26,28-29,33,38,45,47,49H,5-10,12,15-16,19-21,23-25,27H2,1-2H3,(H,44,48). The summed E-state index contributed by atoms with van der Waals surface area (Å²) in [5.41, 5.74) is 5.51. The van der Waals surface area contributed by atoms with Crippen LogP contribution in [0.3, 0.4) is 0 Å². The predicted octanol–water partition coefficient (Wildman–Crippen LogP) is 6.87. The molecule has 2 saturated carbocycles. The first-order valence-electron chi connectivity index (χ1n) is 18.8. The molecule has 0 radical (unpaired) electrons. The summed E-state index contributed by atoms with van der Waals surface area (Å²) >= 11 is 6.77. The highest BCUT2D eigenvalue weighted by atomic mass is 35.5. The summed E-state index contributed by atoms with van der Waals surface area (Å²) in [6, 6.07) is 16.7. The summed E-state index contributed by atoms with van der Waals surface area (Å²) in [6.07, 6.45) is 12.0. The molecule has 2 aromatic carbocycles. The fraction of sp³-hybridized carbons (Fsp3) is 0.537. The molecular formula is C41H55ClN4O5. The highest BCUT2D eigenvalue weighted by Gasteiger charge is 2.46. The maximum Gasteiger partial charge on any atom is 0.251 e. The van der Waals surface area contributed by atoms with E-state index in [0.29, 0.717) is 51.5 Å². The van der Waals surface area contributed by atoms with Gasteiger partial charge in [-0.05, 0) is 117 Å². The molecule has 0 bridgehead atoms. The van der Waals surface area contributed by atoms with Crippen LogP contribution in [0.2, 0.25) is 5.02 Å². The highest BCUT2D eigenvalue weighted by Crippen LogP contribution is 2.50. The van der Waals surface area contributed by atoms with Crippen molar-refractivity contribution in [3.05, 3.63) is 82.6 Å². The number of benzene rings is 2. The number of hydrogen-bond donors (Lipinski definition) is 4. The van der Waals surface area contributed by atoms with Gasteiger partial charge in [0.15, 0.2) is 0 Å². The van der Waals surface area contributed by atoms with E-state index in [1.165, 1.54) is 18.1 Å². The molecule has 2 atom stereocenters. The Labute approximate surface area is 308 Å². The van der Waals surface area contributed by atoms with Crippen molar-refractivity contribution in [2.24, 2.45) is 0 Å². The van der Waals surface area contributed by atoms with Gasteiger partial charge < -0.3 is 30.5 Å². The zero-order valence-electron chi connectivity index (χ0n) is 30.2. The van der Waals surface area contributed by atoms with Gasteiger partial charge in [-0.1, -0.05) is 48.9 Å². The van der Waals surface area contributed by atoms with Gasteiger partial charge in [-0.2, -0.15) is 0 Å². The van der Waals surface area contributed by atoms with Crippen molar-refractivity contribution in [2.75, 3.05) is 26.2 Å². The second-order valence-corrected chi connectivity index (χ2v) is 14.7. The highest BCUT2D eigenvalue weighted by molar-refractivity contribution is 6.31. The van der Waals surface area contributed by atoms with Crippen molar-refractivity contribution in [3.8, 4) is 16.9 Å². The lowest BCUT2D eigenvalue weighted by Gasteiger charge is -2.26. The Morgan fingerprint density at radius 2 is 1.80 bits per heavy atom. The Kier molecular flexibility index (Phi) is 14.3. The number of ether oxygens (including phenoxy) is 1. The molecule has 0 saturated heterocycles. The number of aliphatic hydroxyl groups is 2. The van der Waals surface area contributed by atoms with Crippen LogP contribution in [0.5, 0.6) is 5.75 Å². The molecule has 2 aliphatic carbocycles. The molecule has 5 rings (SSSR count). The van der Waals surface area contributed by atoms with Gasteiger partial charge in [-0.25, -0.2) is 0 Å². The molecule has 2 amide bonds. The SMILES string of the molecule is CC(=O)NCCCCN(CCCC(C)c1ccc(Cl)c(CNC2(c3cnccc3-c3ccccc3OC3CC3)CC2)c1)C(=O)C(O)CCCCO. The topological polar surface area (TPSA) is 124 Å². The quantitative estimate of drug-likeness (QED) is 0.0836. The van der Waals surface area contributed by atoms with Gasteiger partial charge in [0.05, 0.1) is 6.10 Å². The van der Waals surface area contributed by atoms with Crippen molar-refractivity contribution in [3.63, 3.8) is 0 Å². The van der Waals surface area contributed by atoms with Crippen LogP contribution in [0, 0.1) is 0 Å². The molecule has 51 heavy (non-hydrogen) atoms. The van der Waals surface area contributed by atoms with E-state index < -0.39 is 6.10 Å². The van der Waals surface area contributed by atoms with Crippen molar-refractivity contribution in [1.82, 2.24) is 20.5 Å². The lowest BCUT2D eigenvalue weighted by atomic mass is 9.93. The van der Waals surface area contributed by atoms with Crippen LogP contribution in [0.15, 0.2) is 60.9 Å². The van der Waals surface area contributed by atoms with Gasteiger partial charge in [-0.3, -0.25) is 14.6 Å². The third kappa shape index (κ3) is 11.2. The number of amides is 2. The van der Waals surface area contributed by atoms with Crippen molar-refractivity contribution in [2.45, 2.75) is 115 Å². The second-order valence-electron chi connectivity index (χ2n) is 14.3. The van der Waals surface area contributed by atoms with Crippen LogP contribution in [0.1, 0.15) is 107 Å². The van der Waals surface area contributed by atoms with Gasteiger partial charge in [0.25, 0.3) is 5.91 Å². The maximum absolute atomic E-state index is 13.2. The number of carbonyl (C=O) groups is 2. The Balaban J connectivity index is 1.19. The van der Waals surface area contributed by atoms with E-state index in [1.807, 2.05) is 24.5 Å². The minimum Gasteiger partial charge on any atom is -0.490 e. The number of nitrogens with one attached hydrogen (secondary N) is 2. The largest absolute Gasteiger partial charge is 0.490 e. The number of rotatable bonds is 22. The van der Waals surface area contributed by atoms with E-state index in [0.717, 1.165) is 78.8 Å². The molecule has 9 nitrogen and oxygen atoms in total. The van der Waals surface area contributed by atoms with Crippen LogP contribution in [-0.2, 0) is 21.7 Å². The van der Waals surface area contributed by atoms with Gasteiger partial charge >= 0.3 is 0 Å². The lowest BCUT2D eigenvalue weighted by molar-refractivity contribution is -0.140. The number of pyridine rings is 1. The summed E-state index contributed by atoms with van der Waals surface area (Å²) in [7, 11) is 0. The number of aromatic nitrogens is 1. The summed E-state index contributed by atoms with van der Waals surface area (Å²) in [5, 5.41) is 27.1.